The average Bonchev–Trinajstić information content (AvgIpc) is 2.36. The largest absolute Gasteiger partial charge is 0.508 e. The highest BCUT2D eigenvalue weighted by Crippen LogP contribution is 2.21. The molecule has 0 atom stereocenters. The van der Waals surface area contributed by atoms with E-state index in [-0.39, 0.29) is 18.3 Å². The van der Waals surface area contributed by atoms with Crippen LogP contribution in [0.4, 0.5) is 0 Å². The van der Waals surface area contributed by atoms with Crippen molar-refractivity contribution in [3.05, 3.63) is 24.3 Å². The molecule has 0 spiro atoms. The minimum Gasteiger partial charge on any atom is -0.508 e. The van der Waals surface area contributed by atoms with Crippen molar-refractivity contribution < 1.29 is 19.4 Å². The zero-order valence-corrected chi connectivity index (χ0v) is 11.1. The molecule has 1 aromatic rings. The van der Waals surface area contributed by atoms with E-state index in [2.05, 4.69) is 0 Å². The fraction of sp³-hybridized carbons (Fsp3) is 0.500. The summed E-state index contributed by atoms with van der Waals surface area (Å²) in [6, 6.07) is 6.41. The Morgan fingerprint density at radius 1 is 1.22 bits per heavy atom. The van der Waals surface area contributed by atoms with Gasteiger partial charge in [-0.3, -0.25) is 4.79 Å². The van der Waals surface area contributed by atoms with Gasteiger partial charge in [0.2, 0.25) is 0 Å². The van der Waals surface area contributed by atoms with Crippen molar-refractivity contribution in [1.29, 1.82) is 0 Å². The van der Waals surface area contributed by atoms with Crippen LogP contribution in [-0.2, 0) is 9.53 Å². The number of rotatable bonds is 6. The molecule has 1 N–H and O–H groups in total. The van der Waals surface area contributed by atoms with Gasteiger partial charge in [-0.15, -0.1) is 0 Å². The Bertz CT molecular complexity index is 381. The van der Waals surface area contributed by atoms with Crippen LogP contribution in [0.25, 0.3) is 0 Å². The highest BCUT2D eigenvalue weighted by Gasteiger charge is 2.26. The normalized spacial score (nSPS) is 11.1. The number of esters is 1. The maximum absolute atomic E-state index is 11.6. The third-order valence-corrected chi connectivity index (χ3v) is 2.86. The molecule has 0 aliphatic heterocycles. The van der Waals surface area contributed by atoms with E-state index in [1.807, 2.05) is 20.8 Å². The lowest BCUT2D eigenvalue weighted by Gasteiger charge is -2.20. The molecule has 18 heavy (non-hydrogen) atoms. The van der Waals surface area contributed by atoms with Gasteiger partial charge in [0, 0.05) is 0 Å². The number of carbonyl (C=O) groups is 1. The van der Waals surface area contributed by atoms with Crippen LogP contribution < -0.4 is 4.74 Å². The number of phenolic OH excluding ortho intramolecular Hbond substituents is 1. The van der Waals surface area contributed by atoms with Gasteiger partial charge >= 0.3 is 5.97 Å². The van der Waals surface area contributed by atoms with Crippen LogP contribution >= 0.6 is 0 Å². The standard InChI is InChI=1S/C14H20O4/c1-4-14(2,3)13(16)18-10-9-17-12-7-5-11(15)6-8-12/h5-8,15H,4,9-10H2,1-3H3. The molecule has 0 saturated heterocycles. The number of aromatic hydroxyl groups is 1. The first-order chi connectivity index (χ1) is 8.45. The van der Waals surface area contributed by atoms with E-state index in [1.54, 1.807) is 24.3 Å². The van der Waals surface area contributed by atoms with Crippen molar-refractivity contribution in [1.82, 2.24) is 0 Å². The molecule has 4 nitrogen and oxygen atoms in total. The predicted molar refractivity (Wildman–Crippen MR) is 68.6 cm³/mol. The van der Waals surface area contributed by atoms with Gasteiger partial charge in [-0.25, -0.2) is 0 Å². The van der Waals surface area contributed by atoms with Crippen LogP contribution in [0.15, 0.2) is 24.3 Å². The molecule has 0 radical (unpaired) electrons. The fourth-order valence-corrected chi connectivity index (χ4v) is 1.18. The van der Waals surface area contributed by atoms with E-state index in [9.17, 15) is 4.79 Å². The lowest BCUT2D eigenvalue weighted by molar-refractivity contribution is -0.154. The van der Waals surface area contributed by atoms with Crippen molar-refractivity contribution in [3.8, 4) is 11.5 Å². The summed E-state index contributed by atoms with van der Waals surface area (Å²) >= 11 is 0. The van der Waals surface area contributed by atoms with E-state index in [1.165, 1.54) is 0 Å². The van der Waals surface area contributed by atoms with Crippen LogP contribution in [0.2, 0.25) is 0 Å². The van der Waals surface area contributed by atoms with Crippen LogP contribution in [-0.4, -0.2) is 24.3 Å². The predicted octanol–water partition coefficient (Wildman–Crippen LogP) is 2.75. The zero-order valence-electron chi connectivity index (χ0n) is 11.1. The number of hydrogen-bond acceptors (Lipinski definition) is 4. The Kier molecular flexibility index (Phi) is 5.01. The average molecular weight is 252 g/mol. The van der Waals surface area contributed by atoms with Gasteiger partial charge < -0.3 is 14.6 Å². The lowest BCUT2D eigenvalue weighted by atomic mass is 9.91. The summed E-state index contributed by atoms with van der Waals surface area (Å²) < 4.78 is 10.5. The van der Waals surface area contributed by atoms with Crippen LogP contribution in [0.1, 0.15) is 27.2 Å². The number of benzene rings is 1. The molecular formula is C14H20O4. The van der Waals surface area contributed by atoms with Gasteiger partial charge in [0.25, 0.3) is 0 Å². The summed E-state index contributed by atoms with van der Waals surface area (Å²) in [5, 5.41) is 9.09. The van der Waals surface area contributed by atoms with Crippen molar-refractivity contribution in [2.24, 2.45) is 5.41 Å². The van der Waals surface area contributed by atoms with Crippen LogP contribution in [0, 0.1) is 5.41 Å². The van der Waals surface area contributed by atoms with Gasteiger partial charge in [-0.05, 0) is 44.5 Å². The van der Waals surface area contributed by atoms with Gasteiger partial charge in [-0.1, -0.05) is 6.92 Å². The first-order valence-electron chi connectivity index (χ1n) is 6.05. The van der Waals surface area contributed by atoms with Gasteiger partial charge in [0.1, 0.15) is 24.7 Å². The monoisotopic (exact) mass is 252 g/mol. The second kappa shape index (κ2) is 6.28. The molecule has 0 aliphatic carbocycles. The smallest absolute Gasteiger partial charge is 0.311 e. The van der Waals surface area contributed by atoms with Crippen LogP contribution in [0.5, 0.6) is 11.5 Å². The SMILES string of the molecule is CCC(C)(C)C(=O)OCCOc1ccc(O)cc1. The minimum absolute atomic E-state index is 0.193. The Hall–Kier alpha value is -1.71. The highest BCUT2D eigenvalue weighted by atomic mass is 16.6. The second-order valence-corrected chi connectivity index (χ2v) is 4.72. The maximum Gasteiger partial charge on any atom is 0.311 e. The molecule has 0 heterocycles. The van der Waals surface area contributed by atoms with E-state index in [4.69, 9.17) is 14.6 Å². The number of phenols is 1. The van der Waals surface area contributed by atoms with E-state index >= 15 is 0 Å². The van der Waals surface area contributed by atoms with Crippen molar-refractivity contribution in [3.63, 3.8) is 0 Å². The van der Waals surface area contributed by atoms with E-state index in [0.29, 0.717) is 12.4 Å². The summed E-state index contributed by atoms with van der Waals surface area (Å²) in [6.07, 6.45) is 0.741. The van der Waals surface area contributed by atoms with Gasteiger partial charge in [0.05, 0.1) is 5.41 Å². The van der Waals surface area contributed by atoms with Crippen LogP contribution in [0.3, 0.4) is 0 Å². The molecule has 1 aromatic carbocycles. The molecule has 4 heteroatoms. The molecule has 0 aliphatic rings. The molecule has 0 amide bonds. The Balaban J connectivity index is 2.27. The molecule has 100 valence electrons. The Morgan fingerprint density at radius 3 is 2.39 bits per heavy atom. The Morgan fingerprint density at radius 2 is 1.83 bits per heavy atom. The number of hydrogen-bond donors (Lipinski definition) is 1. The molecule has 0 bridgehead atoms. The van der Waals surface area contributed by atoms with Crippen molar-refractivity contribution in [2.75, 3.05) is 13.2 Å². The maximum atomic E-state index is 11.6. The highest BCUT2D eigenvalue weighted by molar-refractivity contribution is 5.75. The minimum atomic E-state index is -0.446. The molecule has 0 aromatic heterocycles. The summed E-state index contributed by atoms with van der Waals surface area (Å²) in [5.41, 5.74) is -0.446. The fourth-order valence-electron chi connectivity index (χ4n) is 1.18. The molecule has 1 rings (SSSR count). The Labute approximate surface area is 108 Å². The first-order valence-corrected chi connectivity index (χ1v) is 6.05. The van der Waals surface area contributed by atoms with E-state index in [0.717, 1.165) is 6.42 Å². The summed E-state index contributed by atoms with van der Waals surface area (Å²) in [6.45, 7) is 6.19. The summed E-state index contributed by atoms with van der Waals surface area (Å²) in [5.74, 6) is 0.622. The lowest BCUT2D eigenvalue weighted by Crippen LogP contribution is -2.27. The van der Waals surface area contributed by atoms with Gasteiger partial charge in [0.15, 0.2) is 0 Å². The zero-order chi connectivity index (χ0) is 13.6. The van der Waals surface area contributed by atoms with Crippen molar-refractivity contribution >= 4 is 5.97 Å². The second-order valence-electron chi connectivity index (χ2n) is 4.72. The third-order valence-electron chi connectivity index (χ3n) is 2.86. The quantitative estimate of drug-likeness (QED) is 0.624. The molecule has 0 saturated carbocycles. The summed E-state index contributed by atoms with van der Waals surface area (Å²) in [7, 11) is 0. The molecule has 0 unspecified atom stereocenters. The van der Waals surface area contributed by atoms with Crippen molar-refractivity contribution in [2.45, 2.75) is 27.2 Å². The topological polar surface area (TPSA) is 55.8 Å². The van der Waals surface area contributed by atoms with E-state index < -0.39 is 5.41 Å². The number of ether oxygens (including phenoxy) is 2. The first kappa shape index (κ1) is 14.4. The van der Waals surface area contributed by atoms with Gasteiger partial charge in [-0.2, -0.15) is 0 Å². The summed E-state index contributed by atoms with van der Waals surface area (Å²) in [4.78, 5) is 11.6. The molecular weight excluding hydrogens is 232 g/mol. The third kappa shape index (κ3) is 4.28. The number of carbonyl (C=O) groups excluding carboxylic acids is 1. The molecule has 0 fully saturated rings.